The topological polar surface area (TPSA) is 67.4 Å². The van der Waals surface area contributed by atoms with Crippen molar-refractivity contribution in [3.05, 3.63) is 94.5 Å². The van der Waals surface area contributed by atoms with Crippen molar-refractivity contribution in [2.24, 2.45) is 0 Å². The molecule has 5 nitrogen and oxygen atoms in total. The zero-order valence-corrected chi connectivity index (χ0v) is 17.6. The molecule has 30 heavy (non-hydrogen) atoms. The number of halogens is 1. The van der Waals surface area contributed by atoms with Crippen LogP contribution in [-0.4, -0.2) is 25.0 Å². The van der Waals surface area contributed by atoms with Gasteiger partial charge in [0.25, 0.3) is 5.91 Å². The second-order valence-electron chi connectivity index (χ2n) is 6.86. The van der Waals surface area contributed by atoms with E-state index in [0.717, 1.165) is 11.1 Å². The average Bonchev–Trinajstić information content (AvgIpc) is 2.74. The van der Waals surface area contributed by atoms with Crippen molar-refractivity contribution in [2.75, 3.05) is 12.4 Å². The molecule has 1 atom stereocenters. The Hall–Kier alpha value is -3.31. The van der Waals surface area contributed by atoms with Gasteiger partial charge in [-0.2, -0.15) is 0 Å². The molecule has 0 fully saturated rings. The summed E-state index contributed by atoms with van der Waals surface area (Å²) in [5, 5.41) is 6.17. The number of amides is 2. The van der Waals surface area contributed by atoms with E-state index < -0.39 is 6.04 Å². The van der Waals surface area contributed by atoms with Crippen LogP contribution < -0.4 is 15.4 Å². The summed E-state index contributed by atoms with van der Waals surface area (Å²) in [7, 11) is 1.51. The lowest BCUT2D eigenvalue weighted by molar-refractivity contribution is -0.118. The van der Waals surface area contributed by atoms with E-state index in [9.17, 15) is 9.59 Å². The minimum Gasteiger partial charge on any atom is -0.495 e. The van der Waals surface area contributed by atoms with Gasteiger partial charge in [0.05, 0.1) is 12.8 Å². The Morgan fingerprint density at radius 2 is 1.70 bits per heavy atom. The summed E-state index contributed by atoms with van der Waals surface area (Å²) in [4.78, 5) is 26.0. The van der Waals surface area contributed by atoms with Gasteiger partial charge in [-0.05, 0) is 42.3 Å². The summed E-state index contributed by atoms with van der Waals surface area (Å²) in [6.07, 6.45) is 0.340. The zero-order chi connectivity index (χ0) is 21.5. The lowest BCUT2D eigenvalue weighted by atomic mass is 10.0. The lowest BCUT2D eigenvalue weighted by Crippen LogP contribution is -2.45. The van der Waals surface area contributed by atoms with E-state index in [2.05, 4.69) is 10.6 Å². The summed E-state index contributed by atoms with van der Waals surface area (Å²) >= 11 is 6.07. The van der Waals surface area contributed by atoms with Gasteiger partial charge in [-0.25, -0.2) is 0 Å². The predicted molar refractivity (Wildman–Crippen MR) is 119 cm³/mol. The quantitative estimate of drug-likeness (QED) is 0.583. The van der Waals surface area contributed by atoms with E-state index in [1.54, 1.807) is 30.3 Å². The maximum atomic E-state index is 13.1. The van der Waals surface area contributed by atoms with Crippen molar-refractivity contribution in [3.8, 4) is 5.75 Å². The second kappa shape index (κ2) is 9.94. The Morgan fingerprint density at radius 1 is 1.00 bits per heavy atom. The molecule has 3 aromatic carbocycles. The maximum Gasteiger partial charge on any atom is 0.252 e. The Balaban J connectivity index is 1.85. The van der Waals surface area contributed by atoms with Gasteiger partial charge in [0, 0.05) is 17.0 Å². The van der Waals surface area contributed by atoms with E-state index in [1.807, 2.05) is 49.4 Å². The third-order valence-electron chi connectivity index (χ3n) is 4.71. The highest BCUT2D eigenvalue weighted by Gasteiger charge is 2.23. The molecule has 0 saturated heterocycles. The number of rotatable bonds is 7. The molecule has 0 aliphatic heterocycles. The molecule has 2 N–H and O–H groups in total. The fraction of sp³-hybridized carbons (Fsp3) is 0.167. The lowest BCUT2D eigenvalue weighted by Gasteiger charge is -2.20. The maximum absolute atomic E-state index is 13.1. The smallest absolute Gasteiger partial charge is 0.252 e. The van der Waals surface area contributed by atoms with Crippen LogP contribution >= 0.6 is 11.6 Å². The Bertz CT molecular complexity index is 1040. The van der Waals surface area contributed by atoms with E-state index in [-0.39, 0.29) is 11.8 Å². The van der Waals surface area contributed by atoms with E-state index in [0.29, 0.717) is 28.4 Å². The monoisotopic (exact) mass is 422 g/mol. The average molecular weight is 423 g/mol. The van der Waals surface area contributed by atoms with Crippen molar-refractivity contribution >= 4 is 29.1 Å². The highest BCUT2D eigenvalue weighted by atomic mass is 35.5. The number of benzene rings is 3. The molecule has 0 aromatic heterocycles. The Morgan fingerprint density at radius 3 is 2.40 bits per heavy atom. The highest BCUT2D eigenvalue weighted by molar-refractivity contribution is 6.31. The van der Waals surface area contributed by atoms with Crippen LogP contribution in [0.15, 0.2) is 72.8 Å². The second-order valence-corrected chi connectivity index (χ2v) is 7.30. The van der Waals surface area contributed by atoms with Gasteiger partial charge >= 0.3 is 0 Å². The van der Waals surface area contributed by atoms with E-state index >= 15 is 0 Å². The molecule has 0 aliphatic rings. The van der Waals surface area contributed by atoms with Gasteiger partial charge in [0.2, 0.25) is 5.91 Å². The van der Waals surface area contributed by atoms with Crippen LogP contribution in [0.1, 0.15) is 21.5 Å². The Labute approximate surface area is 181 Å². The van der Waals surface area contributed by atoms with Gasteiger partial charge < -0.3 is 15.4 Å². The van der Waals surface area contributed by atoms with Crippen molar-refractivity contribution < 1.29 is 14.3 Å². The summed E-state index contributed by atoms with van der Waals surface area (Å²) in [5.74, 6) is -0.181. The van der Waals surface area contributed by atoms with Crippen molar-refractivity contribution in [1.82, 2.24) is 5.32 Å². The minimum absolute atomic E-state index is 0.303. The van der Waals surface area contributed by atoms with Gasteiger partial charge in [0.15, 0.2) is 0 Å². The first-order chi connectivity index (χ1) is 14.5. The molecule has 3 aromatic rings. The van der Waals surface area contributed by atoms with E-state index in [1.165, 1.54) is 7.11 Å². The number of hydrogen-bond acceptors (Lipinski definition) is 3. The molecule has 154 valence electrons. The molecule has 0 spiro atoms. The summed E-state index contributed by atoms with van der Waals surface area (Å²) in [6.45, 7) is 1.86. The molecule has 0 saturated carbocycles. The molecule has 0 heterocycles. The number of ether oxygens (including phenoxy) is 1. The van der Waals surface area contributed by atoms with Gasteiger partial charge in [-0.1, -0.05) is 60.1 Å². The molecule has 6 heteroatoms. The van der Waals surface area contributed by atoms with Crippen LogP contribution in [0.4, 0.5) is 5.69 Å². The number of hydrogen-bond donors (Lipinski definition) is 2. The van der Waals surface area contributed by atoms with Crippen LogP contribution in [0, 0.1) is 6.92 Å². The fourth-order valence-electron chi connectivity index (χ4n) is 3.12. The Kier molecular flexibility index (Phi) is 7.09. The van der Waals surface area contributed by atoms with Crippen LogP contribution in [0.5, 0.6) is 5.75 Å². The molecule has 1 unspecified atom stereocenters. The first-order valence-corrected chi connectivity index (χ1v) is 9.90. The predicted octanol–water partition coefficient (Wildman–Crippen LogP) is 4.64. The number of aryl methyl sites for hydroxylation is 1. The van der Waals surface area contributed by atoms with Crippen LogP contribution in [0.3, 0.4) is 0 Å². The van der Waals surface area contributed by atoms with Crippen LogP contribution in [0.2, 0.25) is 5.02 Å². The third kappa shape index (κ3) is 5.39. The standard InChI is InChI=1S/C24H23ClN2O3/c1-16-8-6-7-11-19(16)23(28)27-21(14-17-9-4-3-5-10-17)24(29)26-20-15-18(25)12-13-22(20)30-2/h3-13,15,21H,14H2,1-2H3,(H,26,29)(H,27,28). The number of carbonyl (C=O) groups excluding carboxylic acids is 2. The molecule has 0 bridgehead atoms. The third-order valence-corrected chi connectivity index (χ3v) is 4.95. The van der Waals surface area contributed by atoms with Gasteiger partial charge in [0.1, 0.15) is 11.8 Å². The van der Waals surface area contributed by atoms with Gasteiger partial charge in [-0.3, -0.25) is 9.59 Å². The fourth-order valence-corrected chi connectivity index (χ4v) is 3.29. The van der Waals surface area contributed by atoms with Crippen molar-refractivity contribution in [3.63, 3.8) is 0 Å². The molecular formula is C24H23ClN2O3. The number of methoxy groups -OCH3 is 1. The summed E-state index contributed by atoms with van der Waals surface area (Å²) in [5.41, 5.74) is 2.74. The number of nitrogens with one attached hydrogen (secondary N) is 2. The molecule has 0 radical (unpaired) electrons. The van der Waals surface area contributed by atoms with E-state index in [4.69, 9.17) is 16.3 Å². The molecular weight excluding hydrogens is 400 g/mol. The van der Waals surface area contributed by atoms with Gasteiger partial charge in [-0.15, -0.1) is 0 Å². The van der Waals surface area contributed by atoms with Crippen molar-refractivity contribution in [2.45, 2.75) is 19.4 Å². The molecule has 3 rings (SSSR count). The SMILES string of the molecule is COc1ccc(Cl)cc1NC(=O)C(Cc1ccccc1)NC(=O)c1ccccc1C. The van der Waals surface area contributed by atoms with Crippen molar-refractivity contribution in [1.29, 1.82) is 0 Å². The van der Waals surface area contributed by atoms with Crippen LogP contribution in [-0.2, 0) is 11.2 Å². The largest absolute Gasteiger partial charge is 0.495 e. The molecule has 2 amide bonds. The first kappa shape index (κ1) is 21.4. The first-order valence-electron chi connectivity index (χ1n) is 9.52. The summed E-state index contributed by atoms with van der Waals surface area (Å²) < 4.78 is 5.30. The van der Waals surface area contributed by atoms with Crippen LogP contribution in [0.25, 0.3) is 0 Å². The minimum atomic E-state index is -0.789. The highest BCUT2D eigenvalue weighted by Crippen LogP contribution is 2.28. The number of carbonyl (C=O) groups is 2. The zero-order valence-electron chi connectivity index (χ0n) is 16.8. The normalized spacial score (nSPS) is 11.4. The summed E-state index contributed by atoms with van der Waals surface area (Å²) in [6, 6.07) is 21.0. The number of anilines is 1. The molecule has 0 aliphatic carbocycles.